The van der Waals surface area contributed by atoms with E-state index in [0.29, 0.717) is 0 Å². The molecule has 0 aromatic heterocycles. The van der Waals surface area contributed by atoms with Gasteiger partial charge in [0.1, 0.15) is 5.82 Å². The molecule has 0 radical (unpaired) electrons. The third kappa shape index (κ3) is 3.29. The summed E-state index contributed by atoms with van der Waals surface area (Å²) in [5, 5.41) is 6.13. The van der Waals surface area contributed by atoms with Crippen molar-refractivity contribution in [2.75, 3.05) is 6.54 Å². The Morgan fingerprint density at radius 3 is 3.00 bits per heavy atom. The third-order valence-electron chi connectivity index (χ3n) is 3.33. The van der Waals surface area contributed by atoms with Gasteiger partial charge in [-0.15, -0.1) is 0 Å². The second-order valence-corrected chi connectivity index (χ2v) is 4.79. The zero-order chi connectivity index (χ0) is 13.0. The fourth-order valence-corrected chi connectivity index (χ4v) is 2.25. The van der Waals surface area contributed by atoms with Crippen LogP contribution in [0.3, 0.4) is 0 Å². The van der Waals surface area contributed by atoms with Crippen LogP contribution in [0.4, 0.5) is 4.39 Å². The smallest absolute Gasteiger partial charge is 0.237 e. The van der Waals surface area contributed by atoms with Crippen molar-refractivity contribution in [3.05, 3.63) is 35.6 Å². The van der Waals surface area contributed by atoms with Gasteiger partial charge in [0, 0.05) is 0 Å². The van der Waals surface area contributed by atoms with E-state index in [-0.39, 0.29) is 23.8 Å². The average Bonchev–Trinajstić information content (AvgIpc) is 2.39. The number of rotatable bonds is 3. The van der Waals surface area contributed by atoms with Crippen molar-refractivity contribution in [3.8, 4) is 0 Å². The number of carbonyl (C=O) groups excluding carboxylic acids is 1. The molecule has 0 saturated carbocycles. The topological polar surface area (TPSA) is 41.1 Å². The number of hydrogen-bond acceptors (Lipinski definition) is 2. The Kier molecular flexibility index (Phi) is 4.31. The van der Waals surface area contributed by atoms with Crippen molar-refractivity contribution in [3.63, 3.8) is 0 Å². The molecule has 3 nitrogen and oxygen atoms in total. The summed E-state index contributed by atoms with van der Waals surface area (Å²) in [7, 11) is 0. The number of amides is 1. The first-order chi connectivity index (χ1) is 8.66. The van der Waals surface area contributed by atoms with Crippen LogP contribution in [-0.4, -0.2) is 18.5 Å². The number of hydrogen-bond donors (Lipinski definition) is 2. The lowest BCUT2D eigenvalue weighted by molar-refractivity contribution is -0.124. The number of halogens is 1. The fourth-order valence-electron chi connectivity index (χ4n) is 2.25. The molecule has 0 bridgehead atoms. The van der Waals surface area contributed by atoms with Crippen molar-refractivity contribution >= 4 is 5.91 Å². The molecule has 4 heteroatoms. The molecule has 0 aliphatic carbocycles. The molecule has 1 amide bonds. The summed E-state index contributed by atoms with van der Waals surface area (Å²) < 4.78 is 13.1. The van der Waals surface area contributed by atoms with Crippen molar-refractivity contribution in [2.45, 2.75) is 38.3 Å². The number of piperidine rings is 1. The van der Waals surface area contributed by atoms with Crippen LogP contribution in [0.15, 0.2) is 24.3 Å². The molecule has 1 saturated heterocycles. The minimum atomic E-state index is -0.274. The first-order valence-corrected chi connectivity index (χ1v) is 6.46. The highest BCUT2D eigenvalue weighted by molar-refractivity contribution is 5.82. The quantitative estimate of drug-likeness (QED) is 0.863. The van der Waals surface area contributed by atoms with Crippen molar-refractivity contribution in [2.24, 2.45) is 0 Å². The molecule has 0 spiro atoms. The Bertz CT molecular complexity index is 416. The minimum absolute atomic E-state index is 0.00598. The van der Waals surface area contributed by atoms with Gasteiger partial charge >= 0.3 is 0 Å². The Hall–Kier alpha value is -1.42. The van der Waals surface area contributed by atoms with Gasteiger partial charge in [-0.2, -0.15) is 0 Å². The molecular weight excluding hydrogens is 231 g/mol. The molecule has 98 valence electrons. The molecule has 1 aliphatic rings. The number of carbonyl (C=O) groups is 1. The van der Waals surface area contributed by atoms with Gasteiger partial charge in [-0.1, -0.05) is 18.6 Å². The van der Waals surface area contributed by atoms with E-state index < -0.39 is 0 Å². The predicted octanol–water partition coefficient (Wildman–Crippen LogP) is 2.14. The summed E-state index contributed by atoms with van der Waals surface area (Å²) in [5.74, 6) is -0.268. The maximum atomic E-state index is 13.1. The first-order valence-electron chi connectivity index (χ1n) is 6.46. The van der Waals surface area contributed by atoms with E-state index >= 15 is 0 Å². The van der Waals surface area contributed by atoms with Gasteiger partial charge in [-0.3, -0.25) is 4.79 Å². The van der Waals surface area contributed by atoms with Crippen molar-refractivity contribution in [1.29, 1.82) is 0 Å². The summed E-state index contributed by atoms with van der Waals surface area (Å²) in [6, 6.07) is 6.07. The maximum absolute atomic E-state index is 13.1. The van der Waals surface area contributed by atoms with E-state index in [4.69, 9.17) is 0 Å². The Labute approximate surface area is 107 Å². The highest BCUT2D eigenvalue weighted by Crippen LogP contribution is 2.14. The maximum Gasteiger partial charge on any atom is 0.237 e. The lowest BCUT2D eigenvalue weighted by atomic mass is 10.0. The van der Waals surface area contributed by atoms with Gasteiger partial charge in [0.2, 0.25) is 5.91 Å². The van der Waals surface area contributed by atoms with Crippen LogP contribution in [0.25, 0.3) is 0 Å². The van der Waals surface area contributed by atoms with Crippen LogP contribution >= 0.6 is 0 Å². The van der Waals surface area contributed by atoms with E-state index in [0.717, 1.165) is 31.4 Å². The summed E-state index contributed by atoms with van der Waals surface area (Å²) in [5.41, 5.74) is 0.791. The Morgan fingerprint density at radius 2 is 2.33 bits per heavy atom. The molecular formula is C14H19FN2O. The molecule has 18 heavy (non-hydrogen) atoms. The molecule has 1 heterocycles. The monoisotopic (exact) mass is 250 g/mol. The van der Waals surface area contributed by atoms with Gasteiger partial charge in [0.15, 0.2) is 0 Å². The van der Waals surface area contributed by atoms with Crippen LogP contribution in [0.5, 0.6) is 0 Å². The molecule has 2 atom stereocenters. The van der Waals surface area contributed by atoms with Gasteiger partial charge in [0.25, 0.3) is 0 Å². The molecule has 1 aromatic carbocycles. The van der Waals surface area contributed by atoms with Gasteiger partial charge in [-0.25, -0.2) is 4.39 Å². The highest BCUT2D eigenvalue weighted by Gasteiger charge is 2.21. The predicted molar refractivity (Wildman–Crippen MR) is 68.6 cm³/mol. The van der Waals surface area contributed by atoms with E-state index in [9.17, 15) is 9.18 Å². The van der Waals surface area contributed by atoms with Gasteiger partial charge in [0.05, 0.1) is 12.1 Å². The molecule has 1 unspecified atom stereocenters. The standard InChI is InChI=1S/C14H19FN2O/c1-10(11-5-4-6-12(15)9-11)17-14(18)13-7-2-3-8-16-13/h4-6,9-10,13,16H,2-3,7-8H2,1H3,(H,17,18)/t10-,13?/m1/s1. The largest absolute Gasteiger partial charge is 0.348 e. The SMILES string of the molecule is C[C@@H](NC(=O)C1CCCCN1)c1cccc(F)c1. The zero-order valence-electron chi connectivity index (χ0n) is 10.6. The lowest BCUT2D eigenvalue weighted by Gasteiger charge is -2.24. The summed E-state index contributed by atoms with van der Waals surface area (Å²) in [4.78, 5) is 12.0. The van der Waals surface area contributed by atoms with E-state index in [1.165, 1.54) is 12.1 Å². The van der Waals surface area contributed by atoms with E-state index in [1.807, 2.05) is 13.0 Å². The fraction of sp³-hybridized carbons (Fsp3) is 0.500. The molecule has 1 aliphatic heterocycles. The molecule has 2 rings (SSSR count). The molecule has 1 fully saturated rings. The Balaban J connectivity index is 1.94. The number of benzene rings is 1. The van der Waals surface area contributed by atoms with Crippen LogP contribution < -0.4 is 10.6 Å². The normalized spacial score (nSPS) is 21.3. The van der Waals surface area contributed by atoms with E-state index in [2.05, 4.69) is 10.6 Å². The van der Waals surface area contributed by atoms with Gasteiger partial charge in [-0.05, 0) is 44.0 Å². The summed E-state index contributed by atoms with van der Waals surface area (Å²) in [6.07, 6.45) is 3.09. The van der Waals surface area contributed by atoms with Crippen LogP contribution in [0.1, 0.15) is 37.8 Å². The molecule has 2 N–H and O–H groups in total. The summed E-state index contributed by atoms with van der Waals surface area (Å²) in [6.45, 7) is 2.77. The van der Waals surface area contributed by atoms with Crippen LogP contribution in [-0.2, 0) is 4.79 Å². The minimum Gasteiger partial charge on any atom is -0.348 e. The van der Waals surface area contributed by atoms with Crippen molar-refractivity contribution < 1.29 is 9.18 Å². The second-order valence-electron chi connectivity index (χ2n) is 4.79. The van der Waals surface area contributed by atoms with Crippen LogP contribution in [0.2, 0.25) is 0 Å². The Morgan fingerprint density at radius 1 is 1.50 bits per heavy atom. The molecule has 1 aromatic rings. The lowest BCUT2D eigenvalue weighted by Crippen LogP contribution is -2.47. The van der Waals surface area contributed by atoms with Crippen molar-refractivity contribution in [1.82, 2.24) is 10.6 Å². The van der Waals surface area contributed by atoms with Crippen LogP contribution in [0, 0.1) is 5.82 Å². The third-order valence-corrected chi connectivity index (χ3v) is 3.33. The first kappa shape index (κ1) is 13.0. The highest BCUT2D eigenvalue weighted by atomic mass is 19.1. The zero-order valence-corrected chi connectivity index (χ0v) is 10.6. The van der Waals surface area contributed by atoms with Gasteiger partial charge < -0.3 is 10.6 Å². The van der Waals surface area contributed by atoms with E-state index in [1.54, 1.807) is 6.07 Å². The second kappa shape index (κ2) is 5.96. The summed E-state index contributed by atoms with van der Waals surface area (Å²) >= 11 is 0. The number of nitrogens with one attached hydrogen (secondary N) is 2. The average molecular weight is 250 g/mol.